The van der Waals surface area contributed by atoms with E-state index in [2.05, 4.69) is 34.0 Å². The van der Waals surface area contributed by atoms with Crippen LogP contribution in [0.4, 0.5) is 5.82 Å². The molecule has 1 saturated heterocycles. The first-order chi connectivity index (χ1) is 11.9. The summed E-state index contributed by atoms with van der Waals surface area (Å²) in [5.41, 5.74) is 1.76. The molecule has 7 heteroatoms. The lowest BCUT2D eigenvalue weighted by Crippen LogP contribution is -2.45. The largest absolute Gasteiger partial charge is 0.372 e. The number of hydrogen-bond acceptors (Lipinski definition) is 6. The van der Waals surface area contributed by atoms with Crippen LogP contribution in [-0.2, 0) is 11.3 Å². The van der Waals surface area contributed by atoms with Crippen molar-refractivity contribution in [1.82, 2.24) is 15.3 Å². The number of carbonyl (C=O) groups excluding carboxylic acids is 1. The number of nitrogens with one attached hydrogen (secondary N) is 1. The predicted octanol–water partition coefficient (Wildman–Crippen LogP) is 2.70. The van der Waals surface area contributed by atoms with Crippen molar-refractivity contribution >= 4 is 23.1 Å². The van der Waals surface area contributed by atoms with Gasteiger partial charge in [-0.15, -0.1) is 11.3 Å². The maximum Gasteiger partial charge on any atom is 0.263 e. The third-order valence-electron chi connectivity index (χ3n) is 4.12. The fourth-order valence-corrected chi connectivity index (χ4v) is 3.91. The first kappa shape index (κ1) is 17.8. The molecule has 0 bridgehead atoms. The van der Waals surface area contributed by atoms with Crippen molar-refractivity contribution in [2.45, 2.75) is 46.4 Å². The van der Waals surface area contributed by atoms with Gasteiger partial charge in [-0.25, -0.2) is 9.97 Å². The Bertz CT molecular complexity index is 734. The molecule has 0 aromatic carbocycles. The summed E-state index contributed by atoms with van der Waals surface area (Å²) in [6, 6.07) is 4.02. The number of aromatic nitrogens is 2. The lowest BCUT2D eigenvalue weighted by atomic mass is 10.2. The summed E-state index contributed by atoms with van der Waals surface area (Å²) in [6.07, 6.45) is 2.23. The number of anilines is 1. The molecule has 3 heterocycles. The quantitative estimate of drug-likeness (QED) is 0.908. The van der Waals surface area contributed by atoms with Gasteiger partial charge < -0.3 is 15.0 Å². The van der Waals surface area contributed by atoms with E-state index in [4.69, 9.17) is 4.74 Å². The number of ether oxygens (including phenoxy) is 1. The molecule has 6 nitrogen and oxygen atoms in total. The molecule has 2 unspecified atom stereocenters. The van der Waals surface area contributed by atoms with Crippen molar-refractivity contribution in [3.63, 3.8) is 0 Å². The maximum atomic E-state index is 12.3. The van der Waals surface area contributed by atoms with Gasteiger partial charge in [-0.05, 0) is 39.3 Å². The van der Waals surface area contributed by atoms with Crippen molar-refractivity contribution in [2.75, 3.05) is 18.0 Å². The zero-order valence-corrected chi connectivity index (χ0v) is 15.9. The average Bonchev–Trinajstić information content (AvgIpc) is 2.91. The van der Waals surface area contributed by atoms with E-state index >= 15 is 0 Å². The highest BCUT2D eigenvalue weighted by Gasteiger charge is 2.23. The van der Waals surface area contributed by atoms with Gasteiger partial charge in [0.25, 0.3) is 5.91 Å². The number of rotatable bonds is 4. The van der Waals surface area contributed by atoms with Crippen LogP contribution in [0.2, 0.25) is 0 Å². The Kier molecular flexibility index (Phi) is 5.34. The summed E-state index contributed by atoms with van der Waals surface area (Å²) in [4.78, 5) is 24.0. The summed E-state index contributed by atoms with van der Waals surface area (Å²) in [5.74, 6) is 0.869. The number of thiazole rings is 1. The zero-order chi connectivity index (χ0) is 18.0. The van der Waals surface area contributed by atoms with E-state index in [9.17, 15) is 4.79 Å². The molecule has 2 aromatic heterocycles. The molecule has 1 aliphatic rings. The second-order valence-corrected chi connectivity index (χ2v) is 7.72. The molecular formula is C18H24N4O2S. The number of morpholine rings is 1. The normalized spacial score (nSPS) is 20.6. The third kappa shape index (κ3) is 4.35. The minimum absolute atomic E-state index is 0.0806. The van der Waals surface area contributed by atoms with Crippen molar-refractivity contribution in [1.29, 1.82) is 0 Å². The van der Waals surface area contributed by atoms with Gasteiger partial charge in [0.2, 0.25) is 0 Å². The van der Waals surface area contributed by atoms with Crippen LogP contribution in [0, 0.1) is 13.8 Å². The number of aryl methyl sites for hydroxylation is 2. The van der Waals surface area contributed by atoms with Crippen LogP contribution in [0.5, 0.6) is 0 Å². The lowest BCUT2D eigenvalue weighted by Gasteiger charge is -2.36. The summed E-state index contributed by atoms with van der Waals surface area (Å²) in [6.45, 7) is 10.1. The molecule has 25 heavy (non-hydrogen) atoms. The summed E-state index contributed by atoms with van der Waals surface area (Å²) >= 11 is 1.42. The van der Waals surface area contributed by atoms with Crippen LogP contribution in [0.25, 0.3) is 0 Å². The summed E-state index contributed by atoms with van der Waals surface area (Å²) in [7, 11) is 0. The molecule has 1 amide bonds. The molecule has 0 saturated carbocycles. The number of amides is 1. The molecular weight excluding hydrogens is 336 g/mol. The topological polar surface area (TPSA) is 67.4 Å². The van der Waals surface area contributed by atoms with Crippen molar-refractivity contribution < 1.29 is 9.53 Å². The van der Waals surface area contributed by atoms with E-state index < -0.39 is 0 Å². The SMILES string of the molecule is Cc1nc(C)c(C(=O)NCc2ccc(N3CC(C)OC(C)C3)nc2)s1. The maximum absolute atomic E-state index is 12.3. The Hall–Kier alpha value is -1.99. The minimum Gasteiger partial charge on any atom is -0.372 e. The van der Waals surface area contributed by atoms with E-state index in [0.29, 0.717) is 11.4 Å². The van der Waals surface area contributed by atoms with Gasteiger partial charge in [0, 0.05) is 25.8 Å². The van der Waals surface area contributed by atoms with Gasteiger partial charge in [-0.1, -0.05) is 6.07 Å². The average molecular weight is 360 g/mol. The highest BCUT2D eigenvalue weighted by atomic mass is 32.1. The van der Waals surface area contributed by atoms with Gasteiger partial charge >= 0.3 is 0 Å². The summed E-state index contributed by atoms with van der Waals surface area (Å²) in [5, 5.41) is 3.85. The molecule has 1 aliphatic heterocycles. The first-order valence-electron chi connectivity index (χ1n) is 8.50. The molecule has 0 radical (unpaired) electrons. The van der Waals surface area contributed by atoms with Crippen LogP contribution in [-0.4, -0.2) is 41.2 Å². The van der Waals surface area contributed by atoms with E-state index in [-0.39, 0.29) is 18.1 Å². The highest BCUT2D eigenvalue weighted by Crippen LogP contribution is 2.19. The molecule has 2 atom stereocenters. The van der Waals surface area contributed by atoms with Gasteiger partial charge in [0.1, 0.15) is 10.7 Å². The van der Waals surface area contributed by atoms with Crippen molar-refractivity contribution in [3.8, 4) is 0 Å². The third-order valence-corrected chi connectivity index (χ3v) is 5.19. The second-order valence-electron chi connectivity index (χ2n) is 6.52. The lowest BCUT2D eigenvalue weighted by molar-refractivity contribution is -0.00546. The Morgan fingerprint density at radius 1 is 1.32 bits per heavy atom. The van der Waals surface area contributed by atoms with E-state index in [1.54, 1.807) is 0 Å². The Morgan fingerprint density at radius 3 is 2.60 bits per heavy atom. The minimum atomic E-state index is -0.0806. The molecule has 134 valence electrons. The molecule has 1 N–H and O–H groups in total. The second kappa shape index (κ2) is 7.49. The van der Waals surface area contributed by atoms with Crippen LogP contribution in [0.1, 0.15) is 39.8 Å². The molecule has 2 aromatic rings. The molecule has 1 fully saturated rings. The van der Waals surface area contributed by atoms with Crippen LogP contribution in [0.15, 0.2) is 18.3 Å². The van der Waals surface area contributed by atoms with Crippen molar-refractivity contribution in [2.24, 2.45) is 0 Å². The van der Waals surface area contributed by atoms with Gasteiger partial charge in [-0.2, -0.15) is 0 Å². The number of carbonyl (C=O) groups is 1. The first-order valence-corrected chi connectivity index (χ1v) is 9.31. The van der Waals surface area contributed by atoms with Crippen LogP contribution >= 0.6 is 11.3 Å². The van der Waals surface area contributed by atoms with E-state index in [0.717, 1.165) is 35.2 Å². The molecule has 0 spiro atoms. The molecule has 0 aliphatic carbocycles. The highest BCUT2D eigenvalue weighted by molar-refractivity contribution is 7.13. The van der Waals surface area contributed by atoms with E-state index in [1.165, 1.54) is 11.3 Å². The van der Waals surface area contributed by atoms with Gasteiger partial charge in [0.15, 0.2) is 0 Å². The smallest absolute Gasteiger partial charge is 0.263 e. The number of nitrogens with zero attached hydrogens (tertiary/aromatic N) is 3. The van der Waals surface area contributed by atoms with Gasteiger partial charge in [0.05, 0.1) is 22.9 Å². The standard InChI is InChI=1S/C18H24N4O2S/c1-11-9-22(10-12(2)24-11)16-6-5-15(7-19-16)8-20-18(23)17-13(3)21-14(4)25-17/h5-7,11-12H,8-10H2,1-4H3,(H,20,23). The van der Waals surface area contributed by atoms with Crippen molar-refractivity contribution in [3.05, 3.63) is 39.5 Å². The van der Waals surface area contributed by atoms with Crippen LogP contribution in [0.3, 0.4) is 0 Å². The van der Waals surface area contributed by atoms with Gasteiger partial charge in [-0.3, -0.25) is 4.79 Å². The summed E-state index contributed by atoms with van der Waals surface area (Å²) < 4.78 is 5.76. The van der Waals surface area contributed by atoms with E-state index in [1.807, 2.05) is 32.2 Å². The Morgan fingerprint density at radius 2 is 2.04 bits per heavy atom. The Balaban J connectivity index is 1.59. The number of hydrogen-bond donors (Lipinski definition) is 1. The fraction of sp³-hybridized carbons (Fsp3) is 0.500. The number of pyridine rings is 1. The fourth-order valence-electron chi connectivity index (χ4n) is 3.08. The monoisotopic (exact) mass is 360 g/mol. The predicted molar refractivity (Wildman–Crippen MR) is 99.2 cm³/mol. The molecule has 3 rings (SSSR count). The van der Waals surface area contributed by atoms with Crippen LogP contribution < -0.4 is 10.2 Å². The zero-order valence-electron chi connectivity index (χ0n) is 15.1. The Labute approximate surface area is 152 Å².